The van der Waals surface area contributed by atoms with Crippen molar-refractivity contribution in [3.05, 3.63) is 81.7 Å². The second kappa shape index (κ2) is 10.5. The van der Waals surface area contributed by atoms with Crippen LogP contribution in [0, 0.1) is 0 Å². The lowest BCUT2D eigenvalue weighted by Crippen LogP contribution is -2.17. The molecule has 1 aliphatic carbocycles. The summed E-state index contributed by atoms with van der Waals surface area (Å²) in [7, 11) is 0. The van der Waals surface area contributed by atoms with Gasteiger partial charge in [0.25, 0.3) is 5.91 Å². The molecule has 2 aromatic carbocycles. The van der Waals surface area contributed by atoms with Gasteiger partial charge in [-0.1, -0.05) is 42.5 Å². The van der Waals surface area contributed by atoms with Crippen LogP contribution < -0.4 is 10.1 Å². The number of hydrogen-bond acceptors (Lipinski definition) is 5. The summed E-state index contributed by atoms with van der Waals surface area (Å²) in [6.07, 6.45) is 4.67. The molecular weight excluding hydrogens is 422 g/mol. The van der Waals surface area contributed by atoms with Crippen LogP contribution in [0.2, 0.25) is 0 Å². The zero-order chi connectivity index (χ0) is 22.3. The Morgan fingerprint density at radius 3 is 2.56 bits per heavy atom. The normalized spacial score (nSPS) is 12.7. The van der Waals surface area contributed by atoms with Crippen molar-refractivity contribution in [2.75, 3.05) is 18.5 Å². The quantitative estimate of drug-likeness (QED) is 0.450. The molecule has 0 bridgehead atoms. The smallest absolute Gasteiger partial charge is 0.341 e. The predicted octanol–water partition coefficient (Wildman–Crippen LogP) is 5.68. The molecule has 3 aromatic rings. The molecule has 5 nitrogen and oxygen atoms in total. The van der Waals surface area contributed by atoms with E-state index in [4.69, 9.17) is 9.47 Å². The third-order valence-corrected chi connectivity index (χ3v) is 6.71. The highest BCUT2D eigenvalue weighted by atomic mass is 32.1. The van der Waals surface area contributed by atoms with Crippen molar-refractivity contribution < 1.29 is 19.1 Å². The molecule has 166 valence electrons. The zero-order valence-corrected chi connectivity index (χ0v) is 19.0. The molecule has 4 rings (SSSR count). The van der Waals surface area contributed by atoms with E-state index in [1.165, 1.54) is 21.8 Å². The fraction of sp³-hybridized carbons (Fsp3) is 0.308. The third-order valence-electron chi connectivity index (χ3n) is 5.50. The van der Waals surface area contributed by atoms with Gasteiger partial charge in [-0.25, -0.2) is 4.79 Å². The lowest BCUT2D eigenvalue weighted by Gasteiger charge is -2.13. The molecule has 1 aromatic heterocycles. The second-order valence-corrected chi connectivity index (χ2v) is 8.78. The zero-order valence-electron chi connectivity index (χ0n) is 18.2. The molecule has 0 aliphatic heterocycles. The summed E-state index contributed by atoms with van der Waals surface area (Å²) in [6, 6.07) is 17.3. The molecule has 0 atom stereocenters. The van der Waals surface area contributed by atoms with Crippen LogP contribution in [-0.2, 0) is 24.0 Å². The minimum Gasteiger partial charge on any atom is -0.492 e. The minimum absolute atomic E-state index is 0.288. The van der Waals surface area contributed by atoms with E-state index in [0.29, 0.717) is 35.1 Å². The van der Waals surface area contributed by atoms with Crippen molar-refractivity contribution in [3.63, 3.8) is 0 Å². The van der Waals surface area contributed by atoms with Gasteiger partial charge in [-0.05, 0) is 55.9 Å². The summed E-state index contributed by atoms with van der Waals surface area (Å²) >= 11 is 1.49. The highest BCUT2D eigenvalue weighted by Crippen LogP contribution is 2.39. The summed E-state index contributed by atoms with van der Waals surface area (Å²) in [6.45, 7) is 2.56. The van der Waals surface area contributed by atoms with Crippen molar-refractivity contribution in [3.8, 4) is 5.75 Å². The van der Waals surface area contributed by atoms with E-state index in [1.54, 1.807) is 19.1 Å². The highest BCUT2D eigenvalue weighted by molar-refractivity contribution is 7.17. The SMILES string of the molecule is CCOC(=O)c1c(NC(=O)c2ccccc2OCCc2ccccc2)sc2c1CCCC2. The molecule has 32 heavy (non-hydrogen) atoms. The van der Waals surface area contributed by atoms with Crippen molar-refractivity contribution >= 4 is 28.2 Å². The number of rotatable bonds is 8. The largest absolute Gasteiger partial charge is 0.492 e. The number of thiophene rings is 1. The Bertz CT molecular complexity index is 1090. The van der Waals surface area contributed by atoms with Gasteiger partial charge in [0.2, 0.25) is 0 Å². The fourth-order valence-electron chi connectivity index (χ4n) is 3.95. The number of carbonyl (C=O) groups is 2. The van der Waals surface area contributed by atoms with Gasteiger partial charge in [0, 0.05) is 11.3 Å². The first-order valence-electron chi connectivity index (χ1n) is 11.1. The molecule has 1 aliphatic rings. The summed E-state index contributed by atoms with van der Waals surface area (Å²) < 4.78 is 11.2. The number of amides is 1. The molecular formula is C26H27NO4S. The number of para-hydroxylation sites is 1. The van der Waals surface area contributed by atoms with Gasteiger partial charge in [0.1, 0.15) is 10.8 Å². The maximum absolute atomic E-state index is 13.2. The maximum Gasteiger partial charge on any atom is 0.341 e. The summed E-state index contributed by atoms with van der Waals surface area (Å²) in [5.74, 6) is -0.126. The van der Waals surface area contributed by atoms with Crippen molar-refractivity contribution in [1.82, 2.24) is 0 Å². The summed E-state index contributed by atoms with van der Waals surface area (Å²) in [4.78, 5) is 27.0. The van der Waals surface area contributed by atoms with E-state index >= 15 is 0 Å². The Labute approximate surface area is 192 Å². The Balaban J connectivity index is 1.52. The highest BCUT2D eigenvalue weighted by Gasteiger charge is 2.27. The molecule has 1 heterocycles. The number of aryl methyl sites for hydroxylation is 1. The van der Waals surface area contributed by atoms with Crippen LogP contribution in [0.1, 0.15) is 56.5 Å². The Morgan fingerprint density at radius 1 is 1.00 bits per heavy atom. The molecule has 0 spiro atoms. The average Bonchev–Trinajstić information content (AvgIpc) is 3.18. The molecule has 6 heteroatoms. The minimum atomic E-state index is -0.366. The third kappa shape index (κ3) is 5.02. The van der Waals surface area contributed by atoms with Crippen LogP contribution in [-0.4, -0.2) is 25.1 Å². The first-order chi connectivity index (χ1) is 15.7. The average molecular weight is 450 g/mol. The Hall–Kier alpha value is -3.12. The molecule has 0 radical (unpaired) electrons. The summed E-state index contributed by atoms with van der Waals surface area (Å²) in [5.41, 5.74) is 3.17. The molecule has 0 saturated carbocycles. The van der Waals surface area contributed by atoms with Crippen LogP contribution in [0.5, 0.6) is 5.75 Å². The Kier molecular flexibility index (Phi) is 7.22. The van der Waals surface area contributed by atoms with Gasteiger partial charge in [0.05, 0.1) is 24.3 Å². The summed E-state index contributed by atoms with van der Waals surface area (Å²) in [5, 5.41) is 3.54. The second-order valence-electron chi connectivity index (χ2n) is 7.67. The van der Waals surface area contributed by atoms with Gasteiger partial charge in [-0.15, -0.1) is 11.3 Å². The van der Waals surface area contributed by atoms with E-state index in [1.807, 2.05) is 30.3 Å². The number of fused-ring (bicyclic) bond motifs is 1. The van der Waals surface area contributed by atoms with Crippen LogP contribution in [0.15, 0.2) is 54.6 Å². The van der Waals surface area contributed by atoms with Gasteiger partial charge < -0.3 is 14.8 Å². The topological polar surface area (TPSA) is 64.6 Å². The first-order valence-corrected chi connectivity index (χ1v) is 11.9. The number of benzene rings is 2. The van der Waals surface area contributed by atoms with Crippen LogP contribution in [0.3, 0.4) is 0 Å². The van der Waals surface area contributed by atoms with E-state index in [2.05, 4.69) is 17.4 Å². The lowest BCUT2D eigenvalue weighted by atomic mass is 9.95. The van der Waals surface area contributed by atoms with Gasteiger partial charge in [0.15, 0.2) is 0 Å². The molecule has 1 N–H and O–H groups in total. The Morgan fingerprint density at radius 2 is 1.75 bits per heavy atom. The number of esters is 1. The standard InChI is InChI=1S/C26H27NO4S/c1-2-30-26(29)23-20-13-7-9-15-22(20)32-25(23)27-24(28)19-12-6-8-14-21(19)31-17-16-18-10-4-3-5-11-18/h3-6,8,10-12,14H,2,7,9,13,15-17H2,1H3,(H,27,28). The lowest BCUT2D eigenvalue weighted by molar-refractivity contribution is 0.0526. The number of anilines is 1. The van der Waals surface area contributed by atoms with E-state index < -0.39 is 0 Å². The molecule has 0 fully saturated rings. The van der Waals surface area contributed by atoms with E-state index in [0.717, 1.165) is 37.7 Å². The number of ether oxygens (including phenoxy) is 2. The maximum atomic E-state index is 13.2. The van der Waals surface area contributed by atoms with Crippen LogP contribution >= 0.6 is 11.3 Å². The van der Waals surface area contributed by atoms with Crippen molar-refractivity contribution in [2.45, 2.75) is 39.0 Å². The first kappa shape index (κ1) is 22.1. The monoisotopic (exact) mass is 449 g/mol. The number of nitrogens with one attached hydrogen (secondary N) is 1. The van der Waals surface area contributed by atoms with Gasteiger partial charge in [-0.3, -0.25) is 4.79 Å². The van der Waals surface area contributed by atoms with Crippen LogP contribution in [0.4, 0.5) is 5.00 Å². The van der Waals surface area contributed by atoms with Crippen molar-refractivity contribution in [2.24, 2.45) is 0 Å². The molecule has 0 unspecified atom stereocenters. The fourth-order valence-corrected chi connectivity index (χ4v) is 5.22. The van der Waals surface area contributed by atoms with Crippen LogP contribution in [0.25, 0.3) is 0 Å². The van der Waals surface area contributed by atoms with Gasteiger partial charge in [-0.2, -0.15) is 0 Å². The van der Waals surface area contributed by atoms with E-state index in [9.17, 15) is 9.59 Å². The molecule has 1 amide bonds. The van der Waals surface area contributed by atoms with Crippen molar-refractivity contribution in [1.29, 1.82) is 0 Å². The van der Waals surface area contributed by atoms with Gasteiger partial charge >= 0.3 is 5.97 Å². The molecule has 0 saturated heterocycles. The van der Waals surface area contributed by atoms with E-state index in [-0.39, 0.29) is 11.9 Å². The number of carbonyl (C=O) groups excluding carboxylic acids is 2. The number of hydrogen-bond donors (Lipinski definition) is 1. The predicted molar refractivity (Wildman–Crippen MR) is 127 cm³/mol.